The second-order valence-corrected chi connectivity index (χ2v) is 7.08. The van der Waals surface area contributed by atoms with Crippen molar-refractivity contribution in [2.75, 3.05) is 44.3 Å². The molecule has 1 aromatic heterocycles. The third-order valence-electron chi connectivity index (χ3n) is 4.62. The molecule has 5 nitrogen and oxygen atoms in total. The lowest BCUT2D eigenvalue weighted by Gasteiger charge is -2.36. The lowest BCUT2D eigenvalue weighted by atomic mass is 9.95. The summed E-state index contributed by atoms with van der Waals surface area (Å²) in [6.07, 6.45) is -2.21. The van der Waals surface area contributed by atoms with E-state index in [4.69, 9.17) is 4.74 Å². The van der Waals surface area contributed by atoms with Gasteiger partial charge in [0.2, 0.25) is 5.91 Å². The normalized spacial score (nSPS) is 20.0. The summed E-state index contributed by atoms with van der Waals surface area (Å²) in [7, 11) is 0. The first-order chi connectivity index (χ1) is 11.9. The molecule has 138 valence electrons. The van der Waals surface area contributed by atoms with Crippen molar-refractivity contribution in [3.63, 3.8) is 0 Å². The molecule has 0 saturated carbocycles. The molecule has 0 N–H and O–H groups in total. The summed E-state index contributed by atoms with van der Waals surface area (Å²) in [6, 6.07) is 1.05. The standard InChI is InChI=1S/C16H19BrF3N3O2/c17-13-9-12(16(18,19)20)10-21-14(13)22-3-1-11(2-4-22)15(24)23-5-7-25-8-6-23/h9-11H,1-8H2. The summed E-state index contributed by atoms with van der Waals surface area (Å²) in [5.41, 5.74) is -0.777. The third kappa shape index (κ3) is 4.25. The number of amides is 1. The number of nitrogens with zero attached hydrogens (tertiary/aromatic N) is 3. The molecular formula is C16H19BrF3N3O2. The zero-order valence-electron chi connectivity index (χ0n) is 13.6. The Morgan fingerprint density at radius 2 is 1.84 bits per heavy atom. The molecule has 9 heteroatoms. The molecule has 1 aromatic rings. The van der Waals surface area contributed by atoms with Crippen molar-refractivity contribution in [3.05, 3.63) is 22.3 Å². The number of hydrogen-bond donors (Lipinski definition) is 0. The largest absolute Gasteiger partial charge is 0.417 e. The molecular weight excluding hydrogens is 403 g/mol. The minimum atomic E-state index is -4.41. The summed E-state index contributed by atoms with van der Waals surface area (Å²) in [5.74, 6) is 0.607. The summed E-state index contributed by atoms with van der Waals surface area (Å²) >= 11 is 3.19. The second-order valence-electron chi connectivity index (χ2n) is 6.23. The quantitative estimate of drug-likeness (QED) is 0.736. The fraction of sp³-hybridized carbons (Fsp3) is 0.625. The number of anilines is 1. The van der Waals surface area contributed by atoms with Crippen LogP contribution in [0.25, 0.3) is 0 Å². The van der Waals surface area contributed by atoms with E-state index < -0.39 is 11.7 Å². The molecule has 0 unspecified atom stereocenters. The predicted molar refractivity (Wildman–Crippen MR) is 89.3 cm³/mol. The van der Waals surface area contributed by atoms with Crippen LogP contribution >= 0.6 is 15.9 Å². The van der Waals surface area contributed by atoms with Crippen LogP contribution in [0, 0.1) is 5.92 Å². The van der Waals surface area contributed by atoms with Crippen molar-refractivity contribution in [1.82, 2.24) is 9.88 Å². The van der Waals surface area contributed by atoms with E-state index in [1.165, 1.54) is 0 Å². The van der Waals surface area contributed by atoms with Gasteiger partial charge in [-0.15, -0.1) is 0 Å². The van der Waals surface area contributed by atoms with Crippen LogP contribution in [-0.2, 0) is 15.7 Å². The van der Waals surface area contributed by atoms with Gasteiger partial charge in [-0.2, -0.15) is 13.2 Å². The van der Waals surface area contributed by atoms with Crippen LogP contribution < -0.4 is 4.90 Å². The van der Waals surface area contributed by atoms with Gasteiger partial charge < -0.3 is 14.5 Å². The minimum Gasteiger partial charge on any atom is -0.378 e. The molecule has 0 spiro atoms. The van der Waals surface area contributed by atoms with E-state index in [1.807, 2.05) is 9.80 Å². The van der Waals surface area contributed by atoms with Gasteiger partial charge in [-0.05, 0) is 34.8 Å². The van der Waals surface area contributed by atoms with Crippen molar-refractivity contribution >= 4 is 27.7 Å². The fourth-order valence-electron chi connectivity index (χ4n) is 3.20. The number of hydrogen-bond acceptors (Lipinski definition) is 4. The average Bonchev–Trinajstić information content (AvgIpc) is 2.61. The summed E-state index contributed by atoms with van der Waals surface area (Å²) in [6.45, 7) is 3.60. The SMILES string of the molecule is O=C(C1CCN(c2ncc(C(F)(F)F)cc2Br)CC1)N1CCOCC1. The number of piperidine rings is 1. The average molecular weight is 422 g/mol. The van der Waals surface area contributed by atoms with Gasteiger partial charge in [-0.1, -0.05) is 0 Å². The van der Waals surface area contributed by atoms with Crippen molar-refractivity contribution < 1.29 is 22.7 Å². The molecule has 0 bridgehead atoms. The predicted octanol–water partition coefficient (Wildman–Crippen LogP) is 2.94. The smallest absolute Gasteiger partial charge is 0.378 e. The number of carbonyl (C=O) groups excluding carboxylic acids is 1. The highest BCUT2D eigenvalue weighted by molar-refractivity contribution is 9.10. The van der Waals surface area contributed by atoms with E-state index in [0.717, 1.165) is 12.3 Å². The van der Waals surface area contributed by atoms with Crippen molar-refractivity contribution in [2.24, 2.45) is 5.92 Å². The highest BCUT2D eigenvalue weighted by Gasteiger charge is 2.33. The van der Waals surface area contributed by atoms with E-state index in [1.54, 1.807) is 0 Å². The number of pyridine rings is 1. The number of alkyl halides is 3. The molecule has 0 radical (unpaired) electrons. The Kier molecular flexibility index (Phi) is 5.52. The highest BCUT2D eigenvalue weighted by Crippen LogP contribution is 2.35. The van der Waals surface area contributed by atoms with Crippen LogP contribution in [0.1, 0.15) is 18.4 Å². The third-order valence-corrected chi connectivity index (χ3v) is 5.20. The second kappa shape index (κ2) is 7.49. The van der Waals surface area contributed by atoms with Crippen LogP contribution in [-0.4, -0.2) is 55.2 Å². The summed E-state index contributed by atoms with van der Waals surface area (Å²) < 4.78 is 43.8. The first-order valence-electron chi connectivity index (χ1n) is 8.20. The Hall–Kier alpha value is -1.35. The van der Waals surface area contributed by atoms with Gasteiger partial charge in [0.1, 0.15) is 5.82 Å². The Balaban J connectivity index is 1.61. The zero-order valence-corrected chi connectivity index (χ0v) is 15.1. The Morgan fingerprint density at radius 3 is 2.40 bits per heavy atom. The lowest BCUT2D eigenvalue weighted by Crippen LogP contribution is -2.47. The van der Waals surface area contributed by atoms with Crippen LogP contribution in [0.2, 0.25) is 0 Å². The molecule has 2 aliphatic rings. The lowest BCUT2D eigenvalue weighted by molar-refractivity contribution is -0.140. The van der Waals surface area contributed by atoms with Gasteiger partial charge in [-0.3, -0.25) is 4.79 Å². The molecule has 2 aliphatic heterocycles. The fourth-order valence-corrected chi connectivity index (χ4v) is 3.80. The molecule has 0 atom stereocenters. The van der Waals surface area contributed by atoms with Crippen LogP contribution in [0.3, 0.4) is 0 Å². The number of halogens is 4. The van der Waals surface area contributed by atoms with Gasteiger partial charge in [0.25, 0.3) is 0 Å². The van der Waals surface area contributed by atoms with E-state index in [9.17, 15) is 18.0 Å². The number of aromatic nitrogens is 1. The number of ether oxygens (including phenoxy) is 1. The maximum absolute atomic E-state index is 12.7. The molecule has 2 fully saturated rings. The minimum absolute atomic E-state index is 0.0393. The number of rotatable bonds is 2. The van der Waals surface area contributed by atoms with E-state index in [0.29, 0.717) is 62.5 Å². The molecule has 3 heterocycles. The molecule has 0 aliphatic carbocycles. The Labute approximate surface area is 152 Å². The molecule has 3 rings (SSSR count). The Morgan fingerprint density at radius 1 is 1.20 bits per heavy atom. The van der Waals surface area contributed by atoms with E-state index in [2.05, 4.69) is 20.9 Å². The van der Waals surface area contributed by atoms with Crippen LogP contribution in [0.15, 0.2) is 16.7 Å². The van der Waals surface area contributed by atoms with Crippen molar-refractivity contribution in [2.45, 2.75) is 19.0 Å². The van der Waals surface area contributed by atoms with Gasteiger partial charge in [-0.25, -0.2) is 4.98 Å². The monoisotopic (exact) mass is 421 g/mol. The van der Waals surface area contributed by atoms with E-state index in [-0.39, 0.29) is 11.8 Å². The highest BCUT2D eigenvalue weighted by atomic mass is 79.9. The van der Waals surface area contributed by atoms with Crippen molar-refractivity contribution in [3.8, 4) is 0 Å². The molecule has 2 saturated heterocycles. The van der Waals surface area contributed by atoms with Gasteiger partial charge in [0.15, 0.2) is 0 Å². The number of carbonyl (C=O) groups is 1. The first kappa shape index (κ1) is 18.4. The van der Waals surface area contributed by atoms with Crippen molar-refractivity contribution in [1.29, 1.82) is 0 Å². The van der Waals surface area contributed by atoms with Gasteiger partial charge >= 0.3 is 6.18 Å². The van der Waals surface area contributed by atoms with Crippen LogP contribution in [0.4, 0.5) is 19.0 Å². The van der Waals surface area contributed by atoms with Gasteiger partial charge in [0, 0.05) is 38.3 Å². The zero-order chi connectivity index (χ0) is 18.0. The Bertz CT molecular complexity index is 628. The molecule has 0 aromatic carbocycles. The topological polar surface area (TPSA) is 45.7 Å². The van der Waals surface area contributed by atoms with Gasteiger partial charge in [0.05, 0.1) is 23.2 Å². The first-order valence-corrected chi connectivity index (χ1v) is 9.00. The maximum Gasteiger partial charge on any atom is 0.417 e. The summed E-state index contributed by atoms with van der Waals surface area (Å²) in [4.78, 5) is 20.3. The van der Waals surface area contributed by atoms with Crippen LogP contribution in [0.5, 0.6) is 0 Å². The summed E-state index contributed by atoms with van der Waals surface area (Å²) in [5, 5.41) is 0. The maximum atomic E-state index is 12.7. The van der Waals surface area contributed by atoms with E-state index >= 15 is 0 Å². The molecule has 1 amide bonds. The number of morpholine rings is 1. The molecule has 25 heavy (non-hydrogen) atoms.